The Morgan fingerprint density at radius 1 is 0.426 bits per heavy atom. The highest BCUT2D eigenvalue weighted by Crippen LogP contribution is 2.48. The molecule has 0 fully saturated rings. The van der Waals surface area contributed by atoms with Gasteiger partial charge in [-0.3, -0.25) is 0 Å². The second kappa shape index (κ2) is 12.6. The molecule has 54 heavy (non-hydrogen) atoms. The van der Waals surface area contributed by atoms with Gasteiger partial charge in [-0.05, 0) is 78.4 Å². The second-order valence-electron chi connectivity index (χ2n) is 13.6. The van der Waals surface area contributed by atoms with Gasteiger partial charge in [-0.25, -0.2) is 4.98 Å². The summed E-state index contributed by atoms with van der Waals surface area (Å²) in [6, 6.07) is 67.7. The number of hydrogen-bond acceptors (Lipinski definition) is 4. The van der Waals surface area contributed by atoms with Crippen molar-refractivity contribution >= 4 is 91.9 Å². The molecule has 5 heteroatoms. The smallest absolute Gasteiger partial charge is 0.124 e. The Morgan fingerprint density at radius 2 is 1.06 bits per heavy atom. The van der Waals surface area contributed by atoms with E-state index in [2.05, 4.69) is 198 Å². The number of thiazole rings is 1. The van der Waals surface area contributed by atoms with Crippen LogP contribution in [0.3, 0.4) is 0 Å². The molecule has 11 aromatic rings. The number of hydrogen-bond donors (Lipinski definition) is 0. The summed E-state index contributed by atoms with van der Waals surface area (Å²) < 4.78 is 6.19. The van der Waals surface area contributed by atoms with Crippen molar-refractivity contribution in [1.29, 1.82) is 0 Å². The van der Waals surface area contributed by atoms with Gasteiger partial charge in [0.1, 0.15) is 5.01 Å². The number of anilines is 3. The lowest BCUT2D eigenvalue weighted by Crippen LogP contribution is -2.09. The first-order valence-corrected chi connectivity index (χ1v) is 19.8. The molecule has 0 aliphatic heterocycles. The molecule has 0 spiro atoms. The van der Waals surface area contributed by atoms with Gasteiger partial charge in [-0.2, -0.15) is 0 Å². The minimum atomic E-state index is 1.04. The van der Waals surface area contributed by atoms with Gasteiger partial charge in [0, 0.05) is 64.8 Å². The third kappa shape index (κ3) is 4.97. The predicted octanol–water partition coefficient (Wildman–Crippen LogP) is 14.6. The van der Waals surface area contributed by atoms with Crippen LogP contribution in [-0.2, 0) is 0 Å². The summed E-state index contributed by atoms with van der Waals surface area (Å²) in [6.07, 6.45) is 0. The Morgan fingerprint density at radius 3 is 1.85 bits per heavy atom. The summed E-state index contributed by atoms with van der Waals surface area (Å²) in [5, 5.41) is 6.06. The minimum Gasteiger partial charge on any atom is -0.310 e. The van der Waals surface area contributed by atoms with Gasteiger partial charge in [-0.1, -0.05) is 115 Å². The zero-order valence-corrected chi connectivity index (χ0v) is 30.7. The Balaban J connectivity index is 1.09. The van der Waals surface area contributed by atoms with Gasteiger partial charge >= 0.3 is 0 Å². The van der Waals surface area contributed by atoms with Gasteiger partial charge in [0.2, 0.25) is 0 Å². The van der Waals surface area contributed by atoms with E-state index in [0.29, 0.717) is 0 Å². The van der Waals surface area contributed by atoms with Crippen LogP contribution in [0.1, 0.15) is 0 Å². The maximum absolute atomic E-state index is 5.21. The molecule has 0 atom stereocenters. The van der Waals surface area contributed by atoms with E-state index in [1.165, 1.54) is 57.8 Å². The van der Waals surface area contributed by atoms with Crippen LogP contribution in [0.5, 0.6) is 0 Å². The zero-order valence-electron chi connectivity index (χ0n) is 29.1. The van der Waals surface area contributed by atoms with Crippen LogP contribution in [0.25, 0.3) is 79.6 Å². The van der Waals surface area contributed by atoms with E-state index in [9.17, 15) is 0 Å². The van der Waals surface area contributed by atoms with E-state index in [-0.39, 0.29) is 0 Å². The Labute approximate surface area is 320 Å². The number of para-hydroxylation sites is 3. The third-order valence-electron chi connectivity index (χ3n) is 10.4. The number of fused-ring (bicyclic) bond motifs is 7. The number of rotatable bonds is 6. The van der Waals surface area contributed by atoms with Crippen LogP contribution in [0.2, 0.25) is 0 Å². The largest absolute Gasteiger partial charge is 0.310 e. The molecule has 0 N–H and O–H groups in total. The van der Waals surface area contributed by atoms with E-state index in [4.69, 9.17) is 4.98 Å². The van der Waals surface area contributed by atoms with E-state index < -0.39 is 0 Å². The number of nitrogens with zero attached hydrogens (tertiary/aromatic N) is 3. The monoisotopic (exact) mass is 725 g/mol. The van der Waals surface area contributed by atoms with Crippen LogP contribution in [0, 0.1) is 0 Å². The standard InChI is InChI=1S/C49H31N3S2/c1-4-14-33(15-5-1)49-50-42-31-41-39-21-11-13-23-45(39)53-47(41)46(48(42)54-49)32-24-26-36(27-25-32)51(34-16-6-2-7-17-34)37-28-29-44-40(30-37)38-20-10-12-22-43(38)52(44)35-18-8-3-9-19-35/h1-31H. The highest BCUT2D eigenvalue weighted by molar-refractivity contribution is 7.27. The molecule has 254 valence electrons. The molecule has 11 rings (SSSR count). The van der Waals surface area contributed by atoms with Crippen LogP contribution >= 0.6 is 22.7 Å². The van der Waals surface area contributed by atoms with E-state index in [1.54, 1.807) is 11.3 Å². The van der Waals surface area contributed by atoms with E-state index in [1.807, 2.05) is 11.3 Å². The summed E-state index contributed by atoms with van der Waals surface area (Å²) in [5.74, 6) is 0. The van der Waals surface area contributed by atoms with Crippen LogP contribution in [0.4, 0.5) is 17.1 Å². The Hall–Kier alpha value is -6.53. The van der Waals surface area contributed by atoms with E-state index in [0.717, 1.165) is 38.8 Å². The summed E-state index contributed by atoms with van der Waals surface area (Å²) in [4.78, 5) is 7.58. The number of aromatic nitrogens is 2. The van der Waals surface area contributed by atoms with Gasteiger partial charge in [-0.15, -0.1) is 22.7 Å². The fourth-order valence-corrected chi connectivity index (χ4v) is 10.4. The fourth-order valence-electron chi connectivity index (χ4n) is 7.97. The van der Waals surface area contributed by atoms with Crippen molar-refractivity contribution in [3.63, 3.8) is 0 Å². The van der Waals surface area contributed by atoms with Crippen LogP contribution < -0.4 is 4.90 Å². The Bertz CT molecular complexity index is 3140. The van der Waals surface area contributed by atoms with Gasteiger partial charge < -0.3 is 9.47 Å². The predicted molar refractivity (Wildman–Crippen MR) is 232 cm³/mol. The molecule has 0 saturated carbocycles. The first kappa shape index (κ1) is 31.0. The van der Waals surface area contributed by atoms with E-state index >= 15 is 0 Å². The van der Waals surface area contributed by atoms with Gasteiger partial charge in [0.15, 0.2) is 0 Å². The summed E-state index contributed by atoms with van der Waals surface area (Å²) in [7, 11) is 0. The van der Waals surface area contributed by atoms with Crippen molar-refractivity contribution in [3.05, 3.63) is 188 Å². The lowest BCUT2D eigenvalue weighted by atomic mass is 10.0. The lowest BCUT2D eigenvalue weighted by molar-refractivity contribution is 1.18. The summed E-state index contributed by atoms with van der Waals surface area (Å²) >= 11 is 3.66. The molecule has 0 unspecified atom stereocenters. The third-order valence-corrected chi connectivity index (χ3v) is 12.7. The molecule has 3 aromatic heterocycles. The first-order valence-electron chi connectivity index (χ1n) is 18.1. The molecule has 0 radical (unpaired) electrons. The lowest BCUT2D eigenvalue weighted by Gasteiger charge is -2.26. The SMILES string of the molecule is c1ccc(-c2nc3cc4c(sc5ccccc54)c(-c4ccc(N(c5ccccc5)c5ccc6c(c5)c5ccccc5n6-c5ccccc5)cc4)c3s2)cc1. The highest BCUT2D eigenvalue weighted by atomic mass is 32.1. The van der Waals surface area contributed by atoms with Crippen molar-refractivity contribution in [2.75, 3.05) is 4.90 Å². The molecule has 3 heterocycles. The van der Waals surface area contributed by atoms with Crippen molar-refractivity contribution < 1.29 is 0 Å². The zero-order chi connectivity index (χ0) is 35.6. The van der Waals surface area contributed by atoms with Gasteiger partial charge in [0.25, 0.3) is 0 Å². The van der Waals surface area contributed by atoms with Crippen LogP contribution in [0.15, 0.2) is 188 Å². The fraction of sp³-hybridized carbons (Fsp3) is 0. The molecule has 0 aliphatic rings. The minimum absolute atomic E-state index is 1.04. The van der Waals surface area contributed by atoms with Crippen molar-refractivity contribution in [2.45, 2.75) is 0 Å². The summed E-state index contributed by atoms with van der Waals surface area (Å²) in [6.45, 7) is 0. The first-order chi connectivity index (χ1) is 26.8. The van der Waals surface area contributed by atoms with Gasteiger partial charge in [0.05, 0.1) is 21.3 Å². The molecular formula is C49H31N3S2. The molecular weight excluding hydrogens is 695 g/mol. The van der Waals surface area contributed by atoms with Crippen molar-refractivity contribution in [3.8, 4) is 27.4 Å². The normalized spacial score (nSPS) is 11.7. The molecule has 0 aliphatic carbocycles. The molecule has 0 saturated heterocycles. The highest BCUT2D eigenvalue weighted by Gasteiger charge is 2.21. The average Bonchev–Trinajstić information content (AvgIpc) is 3.93. The maximum Gasteiger partial charge on any atom is 0.124 e. The Kier molecular flexibility index (Phi) is 7.22. The van der Waals surface area contributed by atoms with Crippen molar-refractivity contribution in [2.24, 2.45) is 0 Å². The topological polar surface area (TPSA) is 21.1 Å². The number of thiophene rings is 1. The average molecular weight is 726 g/mol. The summed E-state index contributed by atoms with van der Waals surface area (Å²) in [5.41, 5.74) is 11.5. The molecule has 3 nitrogen and oxygen atoms in total. The molecule has 0 bridgehead atoms. The maximum atomic E-state index is 5.21. The van der Waals surface area contributed by atoms with Crippen molar-refractivity contribution in [1.82, 2.24) is 9.55 Å². The molecule has 8 aromatic carbocycles. The quantitative estimate of drug-likeness (QED) is 0.170. The van der Waals surface area contributed by atoms with Crippen LogP contribution in [-0.4, -0.2) is 9.55 Å². The molecule has 0 amide bonds. The second-order valence-corrected chi connectivity index (χ2v) is 15.6. The number of benzene rings is 8.